The molecule has 0 aromatic heterocycles. The zero-order valence-corrected chi connectivity index (χ0v) is 28.1. The number of amides is 3. The predicted molar refractivity (Wildman–Crippen MR) is 176 cm³/mol. The SMILES string of the molecule is COc1c(C(C)(C)C)cc(C(=O)N2CCN(C(=O)CCCCC(c3ccc(F)cc3)c3ccc(F)cc3)CC2=O)cc1C(C)(C)C. The van der Waals surface area contributed by atoms with Crippen LogP contribution in [0.3, 0.4) is 0 Å². The van der Waals surface area contributed by atoms with Crippen LogP contribution in [0.2, 0.25) is 0 Å². The van der Waals surface area contributed by atoms with Gasteiger partial charge in [0.2, 0.25) is 11.8 Å². The lowest BCUT2D eigenvalue weighted by Crippen LogP contribution is -2.54. The molecule has 0 spiro atoms. The molecule has 8 heteroatoms. The van der Waals surface area contributed by atoms with Crippen LogP contribution in [0.25, 0.3) is 0 Å². The van der Waals surface area contributed by atoms with E-state index in [2.05, 4.69) is 41.5 Å². The minimum atomic E-state index is -0.400. The summed E-state index contributed by atoms with van der Waals surface area (Å²) < 4.78 is 32.9. The van der Waals surface area contributed by atoms with Gasteiger partial charge in [0.15, 0.2) is 0 Å². The van der Waals surface area contributed by atoms with Crippen LogP contribution in [-0.4, -0.2) is 54.3 Å². The van der Waals surface area contributed by atoms with Gasteiger partial charge in [-0.15, -0.1) is 0 Å². The summed E-state index contributed by atoms with van der Waals surface area (Å²) in [7, 11) is 1.64. The molecule has 0 radical (unpaired) electrons. The first-order valence-corrected chi connectivity index (χ1v) is 16.0. The van der Waals surface area contributed by atoms with Gasteiger partial charge in [-0.1, -0.05) is 72.2 Å². The Morgan fingerprint density at radius 2 is 1.30 bits per heavy atom. The van der Waals surface area contributed by atoms with Crippen molar-refractivity contribution in [2.24, 2.45) is 0 Å². The van der Waals surface area contributed by atoms with Crippen molar-refractivity contribution >= 4 is 17.7 Å². The van der Waals surface area contributed by atoms with Gasteiger partial charge in [-0.25, -0.2) is 8.78 Å². The van der Waals surface area contributed by atoms with Gasteiger partial charge in [-0.05, 0) is 71.2 Å². The van der Waals surface area contributed by atoms with Crippen LogP contribution in [0.15, 0.2) is 60.7 Å². The van der Waals surface area contributed by atoms with Gasteiger partial charge >= 0.3 is 0 Å². The molecule has 46 heavy (non-hydrogen) atoms. The molecule has 3 aromatic rings. The first kappa shape index (κ1) is 34.8. The van der Waals surface area contributed by atoms with Gasteiger partial charge in [0.25, 0.3) is 5.91 Å². The normalized spacial score (nSPS) is 14.2. The number of methoxy groups -OCH3 is 1. The summed E-state index contributed by atoms with van der Waals surface area (Å²) in [5.41, 5.74) is 3.48. The molecule has 1 aliphatic rings. The van der Waals surface area contributed by atoms with E-state index in [0.717, 1.165) is 28.0 Å². The van der Waals surface area contributed by atoms with Gasteiger partial charge in [0.1, 0.15) is 23.9 Å². The largest absolute Gasteiger partial charge is 0.496 e. The maximum Gasteiger partial charge on any atom is 0.260 e. The van der Waals surface area contributed by atoms with Crippen LogP contribution in [0.5, 0.6) is 5.75 Å². The lowest BCUT2D eigenvalue weighted by molar-refractivity contribution is -0.143. The monoisotopic (exact) mass is 632 g/mol. The van der Waals surface area contributed by atoms with Crippen molar-refractivity contribution in [3.8, 4) is 5.75 Å². The first-order chi connectivity index (χ1) is 21.6. The predicted octanol–water partition coefficient (Wildman–Crippen LogP) is 7.77. The van der Waals surface area contributed by atoms with Crippen LogP contribution in [0.1, 0.15) is 106 Å². The Hall–Kier alpha value is -4.07. The smallest absolute Gasteiger partial charge is 0.260 e. The fraction of sp³-hybridized carbons (Fsp3) is 0.447. The zero-order valence-electron chi connectivity index (χ0n) is 28.1. The number of ether oxygens (including phenoxy) is 1. The minimum absolute atomic E-state index is 0.0667. The van der Waals surface area contributed by atoms with Crippen molar-refractivity contribution in [3.05, 3.63) is 100 Å². The summed E-state index contributed by atoms with van der Waals surface area (Å²) in [6.07, 6.45) is 2.27. The molecule has 0 unspecified atom stereocenters. The third kappa shape index (κ3) is 8.20. The van der Waals surface area contributed by atoms with E-state index >= 15 is 0 Å². The zero-order chi connectivity index (χ0) is 33.8. The molecule has 6 nitrogen and oxygen atoms in total. The molecule has 1 fully saturated rings. The number of hydrogen-bond donors (Lipinski definition) is 0. The summed E-state index contributed by atoms with van der Waals surface area (Å²) in [6, 6.07) is 16.3. The molecule has 3 aromatic carbocycles. The molecule has 0 atom stereocenters. The number of imide groups is 1. The second-order valence-electron chi connectivity index (χ2n) is 14.2. The average molecular weight is 633 g/mol. The fourth-order valence-electron chi connectivity index (χ4n) is 6.04. The molecule has 0 N–H and O–H groups in total. The lowest BCUT2D eigenvalue weighted by atomic mass is 9.78. The number of unbranched alkanes of at least 4 members (excludes halogenated alkanes) is 1. The van der Waals surface area contributed by atoms with Gasteiger partial charge in [-0.2, -0.15) is 0 Å². The van der Waals surface area contributed by atoms with Crippen LogP contribution in [0, 0.1) is 11.6 Å². The fourth-order valence-corrected chi connectivity index (χ4v) is 6.04. The quantitative estimate of drug-likeness (QED) is 0.179. The van der Waals surface area contributed by atoms with Crippen LogP contribution in [-0.2, 0) is 20.4 Å². The third-order valence-corrected chi connectivity index (χ3v) is 8.65. The van der Waals surface area contributed by atoms with E-state index in [1.165, 1.54) is 34.1 Å². The summed E-state index contributed by atoms with van der Waals surface area (Å²) in [4.78, 5) is 42.8. The molecule has 246 valence electrons. The van der Waals surface area contributed by atoms with E-state index in [4.69, 9.17) is 4.74 Å². The number of halogens is 2. The second kappa shape index (κ2) is 14.1. The molecule has 1 heterocycles. The highest BCUT2D eigenvalue weighted by Gasteiger charge is 2.34. The van der Waals surface area contributed by atoms with Crippen molar-refractivity contribution in [3.63, 3.8) is 0 Å². The number of nitrogens with zero attached hydrogens (tertiary/aromatic N) is 2. The first-order valence-electron chi connectivity index (χ1n) is 16.0. The summed E-state index contributed by atoms with van der Waals surface area (Å²) >= 11 is 0. The van der Waals surface area contributed by atoms with E-state index < -0.39 is 5.91 Å². The Morgan fingerprint density at radius 3 is 1.74 bits per heavy atom. The Labute approximate surface area is 271 Å². The third-order valence-electron chi connectivity index (χ3n) is 8.65. The van der Waals surface area contributed by atoms with Crippen LogP contribution >= 0.6 is 0 Å². The van der Waals surface area contributed by atoms with Crippen LogP contribution < -0.4 is 4.74 Å². The number of piperazine rings is 1. The van der Waals surface area contributed by atoms with Gasteiger partial charge in [0.05, 0.1) is 7.11 Å². The van der Waals surface area contributed by atoms with Crippen molar-refractivity contribution in [2.45, 2.75) is 84.0 Å². The number of hydrogen-bond acceptors (Lipinski definition) is 4. The number of carbonyl (C=O) groups excluding carboxylic acids is 3. The Balaban J connectivity index is 1.38. The van der Waals surface area contributed by atoms with E-state index in [9.17, 15) is 23.2 Å². The van der Waals surface area contributed by atoms with Crippen molar-refractivity contribution < 1.29 is 27.9 Å². The molecule has 0 aliphatic carbocycles. The van der Waals surface area contributed by atoms with Gasteiger partial charge in [0, 0.05) is 42.1 Å². The van der Waals surface area contributed by atoms with E-state index in [0.29, 0.717) is 24.8 Å². The van der Waals surface area contributed by atoms with E-state index in [1.807, 2.05) is 12.1 Å². The standard InChI is InChI=1S/C38H46F2N2O4/c1-37(2,3)31-22-27(23-32(35(31)46-7)38(4,5)6)36(45)42-21-20-41(24-34(42)44)33(43)11-9-8-10-30(25-12-16-28(39)17-13-25)26-14-18-29(40)19-15-26/h12-19,22-23,30H,8-11,20-21,24H2,1-7H3. The Kier molecular flexibility index (Phi) is 10.7. The van der Waals surface area contributed by atoms with Crippen molar-refractivity contribution in [1.29, 1.82) is 0 Å². The molecule has 1 saturated heterocycles. The number of benzene rings is 3. The number of carbonyl (C=O) groups is 3. The molecule has 0 bridgehead atoms. The second-order valence-corrected chi connectivity index (χ2v) is 14.2. The molecular weight excluding hydrogens is 586 g/mol. The molecule has 3 amide bonds. The van der Waals surface area contributed by atoms with E-state index in [1.54, 1.807) is 31.4 Å². The Bertz CT molecular complexity index is 1470. The molecule has 1 aliphatic heterocycles. The maximum atomic E-state index is 13.7. The maximum absolute atomic E-state index is 13.7. The highest BCUT2D eigenvalue weighted by Crippen LogP contribution is 2.41. The number of rotatable bonds is 9. The topological polar surface area (TPSA) is 66.9 Å². The van der Waals surface area contributed by atoms with Crippen molar-refractivity contribution in [1.82, 2.24) is 9.80 Å². The van der Waals surface area contributed by atoms with Crippen LogP contribution in [0.4, 0.5) is 8.78 Å². The lowest BCUT2D eigenvalue weighted by Gasteiger charge is -2.34. The Morgan fingerprint density at radius 1 is 0.804 bits per heavy atom. The molecule has 4 rings (SSSR count). The minimum Gasteiger partial charge on any atom is -0.496 e. The van der Waals surface area contributed by atoms with Crippen molar-refractivity contribution in [2.75, 3.05) is 26.7 Å². The summed E-state index contributed by atoms with van der Waals surface area (Å²) in [6.45, 7) is 12.6. The average Bonchev–Trinajstić information content (AvgIpc) is 3.00. The highest BCUT2D eigenvalue weighted by atomic mass is 19.1. The molecular formula is C38H46F2N2O4. The highest BCUT2D eigenvalue weighted by molar-refractivity contribution is 6.06. The molecule has 0 saturated carbocycles. The summed E-state index contributed by atoms with van der Waals surface area (Å²) in [5.74, 6) is -0.863. The van der Waals surface area contributed by atoms with E-state index in [-0.39, 0.29) is 66.3 Å². The van der Waals surface area contributed by atoms with Gasteiger partial charge < -0.3 is 9.64 Å². The van der Waals surface area contributed by atoms with Gasteiger partial charge in [-0.3, -0.25) is 19.3 Å². The summed E-state index contributed by atoms with van der Waals surface area (Å²) in [5, 5.41) is 0.